The highest BCUT2D eigenvalue weighted by Gasteiger charge is 2.21. The van der Waals surface area contributed by atoms with Crippen molar-refractivity contribution in [3.8, 4) is 11.6 Å². The van der Waals surface area contributed by atoms with Gasteiger partial charge in [0.2, 0.25) is 5.88 Å². The lowest BCUT2D eigenvalue weighted by molar-refractivity contribution is 0.103. The fourth-order valence-corrected chi connectivity index (χ4v) is 2.68. The number of aryl methyl sites for hydroxylation is 2. The second-order valence-electron chi connectivity index (χ2n) is 5.62. The summed E-state index contributed by atoms with van der Waals surface area (Å²) in [6.45, 7) is 2.55. The number of carbonyl (C=O) groups is 1. The van der Waals surface area contributed by atoms with Crippen LogP contribution in [0.15, 0.2) is 30.5 Å². The summed E-state index contributed by atoms with van der Waals surface area (Å²) in [5.74, 6) is 0.186. The Morgan fingerprint density at radius 2 is 2.08 bits per heavy atom. The zero-order valence-corrected chi connectivity index (χ0v) is 14.3. The Hall–Kier alpha value is -2.93. The molecule has 0 atom stereocenters. The minimum absolute atomic E-state index is 0.148. The monoisotopic (exact) mass is 341 g/mol. The summed E-state index contributed by atoms with van der Waals surface area (Å²) in [7, 11) is 3.19. The van der Waals surface area contributed by atoms with Crippen molar-refractivity contribution in [2.24, 2.45) is 7.05 Å². The third-order valence-corrected chi connectivity index (χ3v) is 3.93. The average Bonchev–Trinajstić information content (AvgIpc) is 2.86. The standard InChI is InChI=1S/C18H19N3O4/c1-11-16(18(23)21(2)20-11)17(22)12-4-5-14-13(10-12)15(6-7-19-14)25-9-8-24-3/h4-7,10,23H,8-9H2,1-3H3. The Kier molecular flexibility index (Phi) is 4.67. The minimum atomic E-state index is -0.295. The molecular formula is C18H19N3O4. The molecule has 7 nitrogen and oxygen atoms in total. The van der Waals surface area contributed by atoms with Gasteiger partial charge in [-0.1, -0.05) is 0 Å². The molecule has 0 radical (unpaired) electrons. The number of aromatic hydroxyl groups is 1. The SMILES string of the molecule is COCCOc1ccnc2ccc(C(=O)c3c(C)nn(C)c3O)cc12. The lowest BCUT2D eigenvalue weighted by Crippen LogP contribution is -2.06. The molecule has 0 aliphatic carbocycles. The van der Waals surface area contributed by atoms with Crippen molar-refractivity contribution in [3.05, 3.63) is 47.3 Å². The van der Waals surface area contributed by atoms with Crippen LogP contribution in [0.5, 0.6) is 11.6 Å². The Labute approximate surface area is 144 Å². The van der Waals surface area contributed by atoms with Crippen LogP contribution in [0.1, 0.15) is 21.6 Å². The molecule has 130 valence electrons. The highest BCUT2D eigenvalue weighted by molar-refractivity contribution is 6.12. The van der Waals surface area contributed by atoms with E-state index in [1.54, 1.807) is 51.5 Å². The van der Waals surface area contributed by atoms with Gasteiger partial charge in [0, 0.05) is 31.3 Å². The van der Waals surface area contributed by atoms with Crippen molar-refractivity contribution in [2.45, 2.75) is 6.92 Å². The fraction of sp³-hybridized carbons (Fsp3) is 0.278. The van der Waals surface area contributed by atoms with E-state index in [-0.39, 0.29) is 17.2 Å². The maximum absolute atomic E-state index is 12.8. The number of aromatic nitrogens is 3. The lowest BCUT2D eigenvalue weighted by Gasteiger charge is -2.09. The molecule has 0 spiro atoms. The molecule has 0 bridgehead atoms. The molecule has 1 aromatic carbocycles. The molecular weight excluding hydrogens is 322 g/mol. The van der Waals surface area contributed by atoms with Crippen molar-refractivity contribution in [1.29, 1.82) is 0 Å². The van der Waals surface area contributed by atoms with E-state index in [4.69, 9.17) is 9.47 Å². The van der Waals surface area contributed by atoms with Gasteiger partial charge in [-0.2, -0.15) is 5.10 Å². The van der Waals surface area contributed by atoms with Crippen molar-refractivity contribution in [3.63, 3.8) is 0 Å². The first-order valence-corrected chi connectivity index (χ1v) is 7.80. The summed E-state index contributed by atoms with van der Waals surface area (Å²) in [4.78, 5) is 17.1. The molecule has 0 aliphatic rings. The summed E-state index contributed by atoms with van der Waals surface area (Å²) < 4.78 is 12.0. The minimum Gasteiger partial charge on any atom is -0.493 e. The number of rotatable bonds is 6. The van der Waals surface area contributed by atoms with Gasteiger partial charge >= 0.3 is 0 Å². The summed E-state index contributed by atoms with van der Waals surface area (Å²) in [6, 6.07) is 6.91. The predicted molar refractivity (Wildman–Crippen MR) is 92.2 cm³/mol. The van der Waals surface area contributed by atoms with Gasteiger partial charge in [0.05, 0.1) is 17.8 Å². The van der Waals surface area contributed by atoms with Gasteiger partial charge in [0.15, 0.2) is 5.78 Å². The number of hydrogen-bond acceptors (Lipinski definition) is 6. The number of methoxy groups -OCH3 is 1. The first kappa shape index (κ1) is 16.9. The number of benzene rings is 1. The smallest absolute Gasteiger partial charge is 0.220 e. The third kappa shape index (κ3) is 3.18. The van der Waals surface area contributed by atoms with Gasteiger partial charge in [-0.15, -0.1) is 0 Å². The second kappa shape index (κ2) is 6.90. The van der Waals surface area contributed by atoms with E-state index in [0.29, 0.717) is 30.2 Å². The molecule has 1 N–H and O–H groups in total. The fourth-order valence-electron chi connectivity index (χ4n) is 2.68. The molecule has 3 rings (SSSR count). The third-order valence-electron chi connectivity index (χ3n) is 3.93. The Morgan fingerprint density at radius 3 is 2.76 bits per heavy atom. The van der Waals surface area contributed by atoms with E-state index in [9.17, 15) is 9.90 Å². The molecule has 7 heteroatoms. The predicted octanol–water partition coefficient (Wildman–Crippen LogP) is 2.24. The van der Waals surface area contributed by atoms with Crippen molar-refractivity contribution < 1.29 is 19.4 Å². The number of pyridine rings is 1. The maximum atomic E-state index is 12.8. The van der Waals surface area contributed by atoms with E-state index in [1.165, 1.54) is 4.68 Å². The van der Waals surface area contributed by atoms with Gasteiger partial charge in [0.25, 0.3) is 0 Å². The molecule has 25 heavy (non-hydrogen) atoms. The van der Waals surface area contributed by atoms with Crippen molar-refractivity contribution >= 4 is 16.7 Å². The van der Waals surface area contributed by atoms with E-state index in [0.717, 1.165) is 10.9 Å². The van der Waals surface area contributed by atoms with Crippen LogP contribution in [-0.2, 0) is 11.8 Å². The van der Waals surface area contributed by atoms with Crippen LogP contribution in [-0.4, -0.2) is 46.0 Å². The Bertz CT molecular complexity index is 933. The summed E-state index contributed by atoms with van der Waals surface area (Å²) >= 11 is 0. The van der Waals surface area contributed by atoms with E-state index < -0.39 is 0 Å². The van der Waals surface area contributed by atoms with Crippen LogP contribution in [0.25, 0.3) is 10.9 Å². The van der Waals surface area contributed by atoms with Crippen molar-refractivity contribution in [1.82, 2.24) is 14.8 Å². The van der Waals surface area contributed by atoms with Crippen LogP contribution >= 0.6 is 0 Å². The second-order valence-corrected chi connectivity index (χ2v) is 5.62. The number of nitrogens with zero attached hydrogens (tertiary/aromatic N) is 3. The maximum Gasteiger partial charge on any atom is 0.220 e. The molecule has 3 aromatic rings. The Balaban J connectivity index is 2.02. The number of fused-ring (bicyclic) bond motifs is 1. The zero-order valence-electron chi connectivity index (χ0n) is 14.3. The first-order chi connectivity index (χ1) is 12.0. The van der Waals surface area contributed by atoms with E-state index in [1.807, 2.05) is 0 Å². The molecule has 0 fully saturated rings. The average molecular weight is 341 g/mol. The van der Waals surface area contributed by atoms with Gasteiger partial charge in [-0.25, -0.2) is 4.68 Å². The molecule has 0 aliphatic heterocycles. The molecule has 0 amide bonds. The van der Waals surface area contributed by atoms with Crippen molar-refractivity contribution in [2.75, 3.05) is 20.3 Å². The highest BCUT2D eigenvalue weighted by atomic mass is 16.5. The van der Waals surface area contributed by atoms with Crippen LogP contribution in [0, 0.1) is 6.92 Å². The summed E-state index contributed by atoms with van der Waals surface area (Å²) in [5, 5.41) is 14.9. The number of hydrogen-bond donors (Lipinski definition) is 1. The highest BCUT2D eigenvalue weighted by Crippen LogP contribution is 2.28. The number of carbonyl (C=O) groups excluding carboxylic acids is 1. The van der Waals surface area contributed by atoms with Gasteiger partial charge in [-0.05, 0) is 31.2 Å². The topological polar surface area (TPSA) is 86.5 Å². The molecule has 2 aromatic heterocycles. The molecule has 0 saturated carbocycles. The van der Waals surface area contributed by atoms with E-state index >= 15 is 0 Å². The summed E-state index contributed by atoms with van der Waals surface area (Å²) in [5.41, 5.74) is 1.84. The van der Waals surface area contributed by atoms with Gasteiger partial charge < -0.3 is 14.6 Å². The molecule has 0 saturated heterocycles. The van der Waals surface area contributed by atoms with Crippen LogP contribution in [0.3, 0.4) is 0 Å². The normalized spacial score (nSPS) is 11.0. The van der Waals surface area contributed by atoms with Crippen LogP contribution in [0.4, 0.5) is 0 Å². The summed E-state index contributed by atoms with van der Waals surface area (Å²) in [6.07, 6.45) is 1.66. The van der Waals surface area contributed by atoms with Gasteiger partial charge in [-0.3, -0.25) is 9.78 Å². The zero-order chi connectivity index (χ0) is 18.0. The van der Waals surface area contributed by atoms with E-state index in [2.05, 4.69) is 10.1 Å². The van der Waals surface area contributed by atoms with Crippen LogP contribution in [0.2, 0.25) is 0 Å². The van der Waals surface area contributed by atoms with Gasteiger partial charge in [0.1, 0.15) is 17.9 Å². The Morgan fingerprint density at radius 1 is 1.28 bits per heavy atom. The lowest BCUT2D eigenvalue weighted by atomic mass is 10.0. The quantitative estimate of drug-likeness (QED) is 0.546. The van der Waals surface area contributed by atoms with Crippen LogP contribution < -0.4 is 4.74 Å². The molecule has 2 heterocycles. The number of ether oxygens (including phenoxy) is 2. The largest absolute Gasteiger partial charge is 0.493 e. The molecule has 0 unspecified atom stereocenters. The first-order valence-electron chi connectivity index (χ1n) is 7.80. The number of ketones is 1.